The third-order valence-electron chi connectivity index (χ3n) is 4.94. The summed E-state index contributed by atoms with van der Waals surface area (Å²) in [6.45, 7) is 5.71. The zero-order valence-electron chi connectivity index (χ0n) is 18.9. The van der Waals surface area contributed by atoms with Crippen molar-refractivity contribution < 1.29 is 32.2 Å². The number of carbonyl (C=O) groups is 2. The second-order valence-corrected chi connectivity index (χ2v) is 9.18. The highest BCUT2D eigenvalue weighted by molar-refractivity contribution is 6.33. The molecular formula is C23H25ClF3N3O4. The van der Waals surface area contributed by atoms with Crippen LogP contribution in [-0.2, 0) is 10.9 Å². The molecule has 34 heavy (non-hydrogen) atoms. The molecule has 1 fully saturated rings. The number of nitrogens with one attached hydrogen (secondary N) is 1. The van der Waals surface area contributed by atoms with Crippen molar-refractivity contribution in [3.63, 3.8) is 0 Å². The van der Waals surface area contributed by atoms with Crippen LogP contribution >= 0.6 is 11.6 Å². The van der Waals surface area contributed by atoms with Crippen molar-refractivity contribution in [3.05, 3.63) is 52.8 Å². The van der Waals surface area contributed by atoms with Crippen LogP contribution in [0.3, 0.4) is 0 Å². The lowest BCUT2D eigenvalue weighted by atomic mass is 10.1. The van der Waals surface area contributed by atoms with Crippen molar-refractivity contribution >= 4 is 29.3 Å². The van der Waals surface area contributed by atoms with E-state index in [1.165, 1.54) is 29.3 Å². The molecule has 0 radical (unpaired) electrons. The molecular weight excluding hydrogens is 475 g/mol. The third kappa shape index (κ3) is 6.75. The molecule has 1 aliphatic heterocycles. The highest BCUT2D eigenvalue weighted by Gasteiger charge is 2.34. The zero-order valence-corrected chi connectivity index (χ0v) is 19.7. The topological polar surface area (TPSA) is 80.8 Å². The molecule has 2 heterocycles. The first kappa shape index (κ1) is 25.6. The van der Waals surface area contributed by atoms with Gasteiger partial charge in [0.1, 0.15) is 23.1 Å². The van der Waals surface area contributed by atoms with Crippen LogP contribution in [0.2, 0.25) is 5.15 Å². The summed E-state index contributed by atoms with van der Waals surface area (Å²) in [4.78, 5) is 30.2. The molecule has 2 aromatic rings. The number of aromatic nitrogens is 1. The summed E-state index contributed by atoms with van der Waals surface area (Å²) in [5.74, 6) is -0.811. The lowest BCUT2D eigenvalue weighted by Crippen LogP contribution is -2.42. The first-order chi connectivity index (χ1) is 15.8. The monoisotopic (exact) mass is 499 g/mol. The molecule has 3 rings (SSSR count). The van der Waals surface area contributed by atoms with Crippen LogP contribution < -0.4 is 10.1 Å². The Morgan fingerprint density at radius 1 is 1.24 bits per heavy atom. The van der Waals surface area contributed by atoms with Crippen LogP contribution in [0.1, 0.15) is 49.5 Å². The predicted molar refractivity (Wildman–Crippen MR) is 120 cm³/mol. The number of carbonyl (C=O) groups excluding carboxylic acids is 2. The summed E-state index contributed by atoms with van der Waals surface area (Å²) in [6, 6.07) is 5.47. The van der Waals surface area contributed by atoms with Crippen LogP contribution in [-0.4, -0.2) is 46.7 Å². The van der Waals surface area contributed by atoms with E-state index in [-0.39, 0.29) is 34.8 Å². The van der Waals surface area contributed by atoms with Gasteiger partial charge in [-0.1, -0.05) is 11.6 Å². The standard InChI is InChI=1S/C23H25ClF3N3O4/c1-22(2,3)34-21(32)30-9-5-6-16(30)13-33-17-11-14(23(25,26)27)10-15(12-17)29-20(31)18-7-4-8-28-19(18)24/h4,7-8,10-12,16H,5-6,9,13H2,1-3H3,(H,29,31). The van der Waals surface area contributed by atoms with E-state index in [9.17, 15) is 22.8 Å². The second-order valence-electron chi connectivity index (χ2n) is 8.82. The van der Waals surface area contributed by atoms with Gasteiger partial charge in [-0.15, -0.1) is 0 Å². The van der Waals surface area contributed by atoms with Gasteiger partial charge in [0.15, 0.2) is 0 Å². The van der Waals surface area contributed by atoms with Gasteiger partial charge in [-0.2, -0.15) is 13.2 Å². The van der Waals surface area contributed by atoms with Crippen LogP contribution in [0.15, 0.2) is 36.5 Å². The Hall–Kier alpha value is -3.01. The fourth-order valence-corrected chi connectivity index (χ4v) is 3.64. The quantitative estimate of drug-likeness (QED) is 0.527. The van der Waals surface area contributed by atoms with Gasteiger partial charge in [-0.3, -0.25) is 4.79 Å². The maximum atomic E-state index is 13.5. The first-order valence-corrected chi connectivity index (χ1v) is 11.0. The van der Waals surface area contributed by atoms with Crippen molar-refractivity contribution in [1.82, 2.24) is 9.88 Å². The van der Waals surface area contributed by atoms with Gasteiger partial charge >= 0.3 is 12.3 Å². The Morgan fingerprint density at radius 3 is 2.62 bits per heavy atom. The number of halogens is 4. The van der Waals surface area contributed by atoms with Crippen molar-refractivity contribution in [3.8, 4) is 5.75 Å². The van der Waals surface area contributed by atoms with Gasteiger partial charge < -0.3 is 19.7 Å². The summed E-state index contributed by atoms with van der Waals surface area (Å²) >= 11 is 5.90. The summed E-state index contributed by atoms with van der Waals surface area (Å²) in [6.07, 6.45) is -2.42. The van der Waals surface area contributed by atoms with Gasteiger partial charge in [-0.25, -0.2) is 9.78 Å². The van der Waals surface area contributed by atoms with E-state index in [0.717, 1.165) is 18.6 Å². The van der Waals surface area contributed by atoms with Crippen LogP contribution in [0, 0.1) is 0 Å². The number of benzene rings is 1. The van der Waals surface area contributed by atoms with Crippen molar-refractivity contribution in [2.75, 3.05) is 18.5 Å². The summed E-state index contributed by atoms with van der Waals surface area (Å²) in [5.41, 5.74) is -1.77. The van der Waals surface area contributed by atoms with E-state index in [1.54, 1.807) is 20.8 Å². The maximum Gasteiger partial charge on any atom is 0.416 e. The Kier molecular flexibility index (Phi) is 7.60. The summed E-state index contributed by atoms with van der Waals surface area (Å²) in [5, 5.41) is 2.33. The highest BCUT2D eigenvalue weighted by Crippen LogP contribution is 2.35. The molecule has 1 aliphatic rings. The van der Waals surface area contributed by atoms with Gasteiger partial charge in [0.25, 0.3) is 5.91 Å². The highest BCUT2D eigenvalue weighted by atomic mass is 35.5. The molecule has 11 heteroatoms. The van der Waals surface area contributed by atoms with Crippen LogP contribution in [0.4, 0.5) is 23.7 Å². The molecule has 1 saturated heterocycles. The summed E-state index contributed by atoms with van der Waals surface area (Å²) < 4.78 is 51.5. The largest absolute Gasteiger partial charge is 0.491 e. The van der Waals surface area contributed by atoms with Crippen LogP contribution in [0.25, 0.3) is 0 Å². The fourth-order valence-electron chi connectivity index (χ4n) is 3.43. The Bertz CT molecular complexity index is 1060. The van der Waals surface area contributed by atoms with Gasteiger partial charge in [0.05, 0.1) is 17.2 Å². The minimum atomic E-state index is -4.67. The number of anilines is 1. The van der Waals surface area contributed by atoms with E-state index in [1.807, 2.05) is 0 Å². The summed E-state index contributed by atoms with van der Waals surface area (Å²) in [7, 11) is 0. The van der Waals surface area contributed by atoms with Gasteiger partial charge in [-0.05, 0) is 57.9 Å². The first-order valence-electron chi connectivity index (χ1n) is 10.6. The molecule has 7 nitrogen and oxygen atoms in total. The Labute approximate surface area is 200 Å². The lowest BCUT2D eigenvalue weighted by Gasteiger charge is -2.28. The molecule has 184 valence electrons. The normalized spacial score (nSPS) is 16.3. The molecule has 0 aliphatic carbocycles. The van der Waals surface area contributed by atoms with E-state index in [4.69, 9.17) is 21.1 Å². The molecule has 2 amide bonds. The molecule has 1 aromatic heterocycles. The number of ether oxygens (including phenoxy) is 2. The van der Waals surface area contributed by atoms with Gasteiger partial charge in [0, 0.05) is 24.5 Å². The number of hydrogen-bond acceptors (Lipinski definition) is 5. The smallest absolute Gasteiger partial charge is 0.416 e. The molecule has 0 bridgehead atoms. The van der Waals surface area contributed by atoms with E-state index < -0.39 is 29.3 Å². The van der Waals surface area contributed by atoms with E-state index >= 15 is 0 Å². The number of alkyl halides is 3. The zero-order chi connectivity index (χ0) is 25.1. The number of nitrogens with zero attached hydrogens (tertiary/aromatic N) is 2. The van der Waals surface area contributed by atoms with Crippen molar-refractivity contribution in [1.29, 1.82) is 0 Å². The molecule has 1 unspecified atom stereocenters. The number of rotatable bonds is 5. The Morgan fingerprint density at radius 2 is 1.97 bits per heavy atom. The number of hydrogen-bond donors (Lipinski definition) is 1. The van der Waals surface area contributed by atoms with Crippen molar-refractivity contribution in [2.24, 2.45) is 0 Å². The number of pyridine rings is 1. The minimum absolute atomic E-state index is 0.0167. The Balaban J connectivity index is 1.77. The number of amides is 2. The molecule has 1 aromatic carbocycles. The molecule has 0 saturated carbocycles. The fraction of sp³-hybridized carbons (Fsp3) is 0.435. The van der Waals surface area contributed by atoms with Crippen LogP contribution in [0.5, 0.6) is 5.75 Å². The minimum Gasteiger partial charge on any atom is -0.491 e. The average Bonchev–Trinajstić information content (AvgIpc) is 3.19. The third-order valence-corrected chi connectivity index (χ3v) is 5.24. The molecule has 1 atom stereocenters. The van der Waals surface area contributed by atoms with Gasteiger partial charge in [0.2, 0.25) is 0 Å². The predicted octanol–water partition coefficient (Wildman–Crippen LogP) is 5.78. The second kappa shape index (κ2) is 10.1. The molecule has 1 N–H and O–H groups in total. The lowest BCUT2D eigenvalue weighted by molar-refractivity contribution is -0.137. The SMILES string of the molecule is CC(C)(C)OC(=O)N1CCCC1COc1cc(NC(=O)c2cccnc2Cl)cc(C(F)(F)F)c1. The van der Waals surface area contributed by atoms with E-state index in [0.29, 0.717) is 13.0 Å². The maximum absolute atomic E-state index is 13.5. The van der Waals surface area contributed by atoms with E-state index in [2.05, 4.69) is 10.3 Å². The number of likely N-dealkylation sites (tertiary alicyclic amines) is 1. The average molecular weight is 500 g/mol. The molecule has 0 spiro atoms. The van der Waals surface area contributed by atoms with Crippen molar-refractivity contribution in [2.45, 2.75) is 51.4 Å².